The highest BCUT2D eigenvalue weighted by atomic mass is 32.2. The molecular weight excluding hydrogens is 319 g/mol. The SMILES string of the molecule is CC1(C)C(O)N(N(N)c2ccc(S(=O)(=O)O)cc2)N=[P+]1[O-]. The Morgan fingerprint density at radius 2 is 1.95 bits per heavy atom. The summed E-state index contributed by atoms with van der Waals surface area (Å²) in [7, 11) is -6.34. The lowest BCUT2D eigenvalue weighted by Gasteiger charge is -2.28. The summed E-state index contributed by atoms with van der Waals surface area (Å²) in [5, 5.41) is 11.1. The van der Waals surface area contributed by atoms with Crippen LogP contribution in [0.3, 0.4) is 0 Å². The molecule has 21 heavy (non-hydrogen) atoms. The number of aliphatic hydroxyl groups excluding tert-OH is 1. The fraction of sp³-hybridized carbons (Fsp3) is 0.400. The number of nitrogens with zero attached hydrogens (tertiary/aromatic N) is 3. The molecule has 1 heterocycles. The van der Waals surface area contributed by atoms with E-state index in [1.165, 1.54) is 12.1 Å². The molecule has 0 spiro atoms. The van der Waals surface area contributed by atoms with Crippen LogP contribution in [-0.4, -0.2) is 34.6 Å². The summed E-state index contributed by atoms with van der Waals surface area (Å²) < 4.78 is 30.8. The van der Waals surface area contributed by atoms with Gasteiger partial charge in [-0.15, -0.1) is 0 Å². The second-order valence-corrected chi connectivity index (χ2v) is 8.32. The average molecular weight is 334 g/mol. The third-order valence-electron chi connectivity index (χ3n) is 3.14. The number of hydrogen-bond acceptors (Lipinski definition) is 8. The maximum absolute atomic E-state index is 11.8. The fourth-order valence-corrected chi connectivity index (χ4v) is 3.04. The molecule has 0 fully saturated rings. The van der Waals surface area contributed by atoms with E-state index in [0.717, 1.165) is 22.4 Å². The normalized spacial score (nSPS) is 23.9. The Morgan fingerprint density at radius 1 is 1.43 bits per heavy atom. The van der Waals surface area contributed by atoms with Crippen LogP contribution in [0, 0.1) is 0 Å². The van der Waals surface area contributed by atoms with Gasteiger partial charge in [-0.25, -0.2) is 11.0 Å². The lowest BCUT2D eigenvalue weighted by atomic mass is 10.2. The molecule has 4 N–H and O–H groups in total. The molecular formula is C10H15N4O5PS. The lowest BCUT2D eigenvalue weighted by Crippen LogP contribution is -2.53. The summed E-state index contributed by atoms with van der Waals surface area (Å²) in [4.78, 5) is 15.3. The number of rotatable bonds is 3. The van der Waals surface area contributed by atoms with Gasteiger partial charge in [0.25, 0.3) is 10.1 Å². The summed E-state index contributed by atoms with van der Waals surface area (Å²) in [6, 6.07) is 4.95. The second-order valence-electron chi connectivity index (χ2n) is 5.02. The fourth-order valence-electron chi connectivity index (χ4n) is 1.68. The van der Waals surface area contributed by atoms with Crippen molar-refractivity contribution < 1.29 is 23.0 Å². The zero-order chi connectivity index (χ0) is 16.0. The molecule has 1 aromatic carbocycles. The Labute approximate surface area is 122 Å². The Kier molecular flexibility index (Phi) is 4.06. The highest BCUT2D eigenvalue weighted by Gasteiger charge is 2.51. The van der Waals surface area contributed by atoms with Crippen LogP contribution in [0.4, 0.5) is 5.69 Å². The van der Waals surface area contributed by atoms with Crippen LogP contribution in [0.1, 0.15) is 13.8 Å². The minimum Gasteiger partial charge on any atom is -0.610 e. The van der Waals surface area contributed by atoms with E-state index < -0.39 is 29.4 Å². The van der Waals surface area contributed by atoms with Crippen molar-refractivity contribution in [2.75, 3.05) is 5.12 Å². The second kappa shape index (κ2) is 5.25. The maximum atomic E-state index is 11.8. The summed E-state index contributed by atoms with van der Waals surface area (Å²) in [5.74, 6) is 5.80. The van der Waals surface area contributed by atoms with E-state index in [4.69, 9.17) is 10.4 Å². The third-order valence-corrected chi connectivity index (χ3v) is 5.57. The van der Waals surface area contributed by atoms with Gasteiger partial charge >= 0.3 is 0 Å². The summed E-state index contributed by atoms with van der Waals surface area (Å²) in [6.07, 6.45) is -1.19. The minimum atomic E-state index is -4.29. The van der Waals surface area contributed by atoms with Gasteiger partial charge in [-0.3, -0.25) is 4.55 Å². The van der Waals surface area contributed by atoms with E-state index in [1.807, 2.05) is 0 Å². The van der Waals surface area contributed by atoms with Crippen molar-refractivity contribution in [1.29, 1.82) is 0 Å². The molecule has 9 nitrogen and oxygen atoms in total. The topological polar surface area (TPSA) is 143 Å². The molecule has 2 atom stereocenters. The van der Waals surface area contributed by atoms with Crippen LogP contribution in [0.25, 0.3) is 0 Å². The Balaban J connectivity index is 2.28. The summed E-state index contributed by atoms with van der Waals surface area (Å²) in [6.45, 7) is 3.18. The molecule has 11 heteroatoms. The molecule has 0 aliphatic carbocycles. The molecule has 0 saturated carbocycles. The van der Waals surface area contributed by atoms with Gasteiger partial charge in [0.1, 0.15) is 0 Å². The maximum Gasteiger partial charge on any atom is 0.294 e. The molecule has 116 valence electrons. The molecule has 0 radical (unpaired) electrons. The van der Waals surface area contributed by atoms with Crippen LogP contribution in [0.2, 0.25) is 0 Å². The zero-order valence-electron chi connectivity index (χ0n) is 11.3. The molecule has 2 unspecified atom stereocenters. The number of anilines is 1. The molecule has 0 amide bonds. The van der Waals surface area contributed by atoms with E-state index in [2.05, 4.69) is 4.85 Å². The Morgan fingerprint density at radius 3 is 2.33 bits per heavy atom. The smallest absolute Gasteiger partial charge is 0.294 e. The number of hydrogen-bond donors (Lipinski definition) is 3. The van der Waals surface area contributed by atoms with E-state index in [-0.39, 0.29) is 4.90 Å². The van der Waals surface area contributed by atoms with Crippen molar-refractivity contribution in [3.8, 4) is 0 Å². The van der Waals surface area contributed by atoms with Crippen molar-refractivity contribution in [1.82, 2.24) is 5.12 Å². The van der Waals surface area contributed by atoms with Crippen LogP contribution in [-0.2, 0) is 10.1 Å². The van der Waals surface area contributed by atoms with Gasteiger partial charge < -0.3 is 10.00 Å². The Bertz CT molecular complexity index is 675. The van der Waals surface area contributed by atoms with Gasteiger partial charge in [-0.2, -0.15) is 8.42 Å². The van der Waals surface area contributed by atoms with Gasteiger partial charge in [-0.05, 0) is 43.2 Å². The van der Waals surface area contributed by atoms with Crippen LogP contribution in [0.15, 0.2) is 34.0 Å². The molecule has 1 aromatic rings. The molecule has 0 aromatic heterocycles. The number of hydrazine groups is 2. The number of benzene rings is 1. The zero-order valence-corrected chi connectivity index (χ0v) is 13.0. The van der Waals surface area contributed by atoms with Gasteiger partial charge in [0.2, 0.25) is 0 Å². The summed E-state index contributed by atoms with van der Waals surface area (Å²) >= 11 is 0. The first-order valence-corrected chi connectivity index (χ1v) is 8.49. The highest BCUT2D eigenvalue weighted by Crippen LogP contribution is 2.45. The van der Waals surface area contributed by atoms with Gasteiger partial charge in [-0.1, -0.05) is 0 Å². The third kappa shape index (κ3) is 2.92. The van der Waals surface area contributed by atoms with Crippen molar-refractivity contribution in [3.63, 3.8) is 0 Å². The van der Waals surface area contributed by atoms with Crippen LogP contribution >= 0.6 is 7.94 Å². The molecule has 0 bridgehead atoms. The number of nitrogens with two attached hydrogens (primary N) is 1. The predicted molar refractivity (Wildman–Crippen MR) is 74.2 cm³/mol. The largest absolute Gasteiger partial charge is 0.610 e. The van der Waals surface area contributed by atoms with Gasteiger partial charge in [0.15, 0.2) is 19.3 Å². The first kappa shape index (κ1) is 16.2. The first-order chi connectivity index (χ1) is 9.55. The van der Waals surface area contributed by atoms with Crippen molar-refractivity contribution in [2.45, 2.75) is 30.1 Å². The van der Waals surface area contributed by atoms with E-state index in [1.54, 1.807) is 13.8 Å². The van der Waals surface area contributed by atoms with Crippen molar-refractivity contribution in [2.24, 2.45) is 10.7 Å². The van der Waals surface area contributed by atoms with E-state index in [0.29, 0.717) is 5.69 Å². The van der Waals surface area contributed by atoms with E-state index >= 15 is 0 Å². The standard InChI is InChI=1S/C10H15N4O5PS/c1-10(2)9(15)14(12-20(10)16)13(11)7-3-5-8(6-4-7)21(17,18)19/h3-6,9,15H,11H2,1-2H3,(H,17,18,19). The highest BCUT2D eigenvalue weighted by molar-refractivity contribution is 7.85. The number of aliphatic hydroxyl groups is 1. The van der Waals surface area contributed by atoms with Gasteiger partial charge in [0.05, 0.1) is 10.6 Å². The van der Waals surface area contributed by atoms with Crippen LogP contribution in [0.5, 0.6) is 0 Å². The molecule has 2 rings (SSSR count). The molecule has 1 aliphatic rings. The quantitative estimate of drug-likeness (QED) is 0.298. The molecule has 0 saturated heterocycles. The minimum absolute atomic E-state index is 0.287. The predicted octanol–water partition coefficient (Wildman–Crippen LogP) is -0.203. The van der Waals surface area contributed by atoms with Crippen molar-refractivity contribution in [3.05, 3.63) is 24.3 Å². The van der Waals surface area contributed by atoms with E-state index in [9.17, 15) is 18.4 Å². The monoisotopic (exact) mass is 334 g/mol. The average Bonchev–Trinajstić information content (AvgIpc) is 2.61. The summed E-state index contributed by atoms with van der Waals surface area (Å²) in [5.41, 5.74) is 0.298. The lowest BCUT2D eigenvalue weighted by molar-refractivity contribution is -0.160. The Hall–Kier alpha value is -1.13. The van der Waals surface area contributed by atoms with Crippen molar-refractivity contribution >= 4 is 23.7 Å². The van der Waals surface area contributed by atoms with Crippen LogP contribution < -0.4 is 15.9 Å². The molecule has 1 aliphatic heterocycles. The van der Waals surface area contributed by atoms with Gasteiger partial charge in [0, 0.05) is 4.85 Å². The first-order valence-electron chi connectivity index (χ1n) is 5.83.